The van der Waals surface area contributed by atoms with Crippen LogP contribution in [0.5, 0.6) is 0 Å². The summed E-state index contributed by atoms with van der Waals surface area (Å²) in [5.41, 5.74) is -1.63. The Bertz CT molecular complexity index is 508. The highest BCUT2D eigenvalue weighted by molar-refractivity contribution is 5.73. The van der Waals surface area contributed by atoms with E-state index >= 15 is 0 Å². The van der Waals surface area contributed by atoms with Gasteiger partial charge in [-0.15, -0.1) is 0 Å². The Hall–Kier alpha value is -2.19. The van der Waals surface area contributed by atoms with Crippen molar-refractivity contribution in [3.8, 4) is 0 Å². The van der Waals surface area contributed by atoms with Gasteiger partial charge >= 0.3 is 11.8 Å². The molecule has 0 amide bonds. The van der Waals surface area contributed by atoms with Gasteiger partial charge in [-0.2, -0.15) is 4.39 Å². The van der Waals surface area contributed by atoms with Gasteiger partial charge in [0.1, 0.15) is 6.20 Å². The summed E-state index contributed by atoms with van der Waals surface area (Å²) < 4.78 is 43.5. The van der Waals surface area contributed by atoms with Crippen molar-refractivity contribution in [2.24, 2.45) is 0 Å². The molecule has 0 saturated carbocycles. The van der Waals surface area contributed by atoms with Crippen molar-refractivity contribution in [1.82, 2.24) is 4.98 Å². The zero-order valence-corrected chi connectivity index (χ0v) is 9.73. The Balaban J connectivity index is 3.26. The van der Waals surface area contributed by atoms with Crippen molar-refractivity contribution >= 4 is 11.8 Å². The molecule has 0 aliphatic carbocycles. The molecule has 0 saturated heterocycles. The molecule has 0 aliphatic heterocycles. The lowest BCUT2D eigenvalue weighted by molar-refractivity contribution is -0.392. The molecule has 0 N–H and O–H groups in total. The number of halogens is 3. The van der Waals surface area contributed by atoms with Crippen LogP contribution >= 0.6 is 0 Å². The molecule has 1 aromatic heterocycles. The highest BCUT2D eigenvalue weighted by Crippen LogP contribution is 2.28. The molecule has 0 spiro atoms. The highest BCUT2D eigenvalue weighted by atomic mass is 19.3. The summed E-state index contributed by atoms with van der Waals surface area (Å²) in [6.45, 7) is 1.47. The summed E-state index contributed by atoms with van der Waals surface area (Å²) in [4.78, 5) is 23.5. The first-order valence-corrected chi connectivity index (χ1v) is 5.13. The van der Waals surface area contributed by atoms with Crippen molar-refractivity contribution in [3.63, 3.8) is 0 Å². The molecule has 0 fully saturated rings. The number of carbonyl (C=O) groups excluding carboxylic acids is 1. The molecule has 1 heterocycles. The Kier molecular flexibility index (Phi) is 4.79. The topological polar surface area (TPSA) is 82.3 Å². The quantitative estimate of drug-likeness (QED) is 0.468. The van der Waals surface area contributed by atoms with E-state index in [1.165, 1.54) is 6.92 Å². The van der Waals surface area contributed by atoms with Crippen LogP contribution in [0.2, 0.25) is 0 Å². The molecule has 0 atom stereocenters. The number of pyridine rings is 1. The summed E-state index contributed by atoms with van der Waals surface area (Å²) in [5, 5.41) is 10.5. The second kappa shape index (κ2) is 6.12. The monoisotopic (exact) mass is 278 g/mol. The van der Waals surface area contributed by atoms with Crippen LogP contribution in [0.1, 0.15) is 24.5 Å². The number of rotatable bonds is 5. The summed E-state index contributed by atoms with van der Waals surface area (Å²) in [7, 11) is 0. The third-order valence-corrected chi connectivity index (χ3v) is 2.17. The number of carbonyl (C=O) groups is 1. The third kappa shape index (κ3) is 3.39. The summed E-state index contributed by atoms with van der Waals surface area (Å²) in [6, 6.07) is 0. The van der Waals surface area contributed by atoms with Gasteiger partial charge < -0.3 is 14.9 Å². The normalized spacial score (nSPS) is 10.6. The molecule has 0 aromatic carbocycles. The standard InChI is InChI=1S/C10H9F3N2O4/c1-2-19-7(16)3-5-6(9(12)13)4-14-10(8(5)11)15(17)18/h4,9H,2-3H2,1H3. The number of aromatic nitrogens is 1. The largest absolute Gasteiger partial charge is 0.466 e. The van der Waals surface area contributed by atoms with Crippen molar-refractivity contribution in [3.05, 3.63) is 33.3 Å². The number of hydrogen-bond acceptors (Lipinski definition) is 5. The molecule has 6 nitrogen and oxygen atoms in total. The first kappa shape index (κ1) is 14.9. The van der Waals surface area contributed by atoms with Crippen LogP contribution in [-0.4, -0.2) is 22.5 Å². The number of nitro groups is 1. The highest BCUT2D eigenvalue weighted by Gasteiger charge is 2.28. The smallest absolute Gasteiger partial charge is 0.400 e. The third-order valence-electron chi connectivity index (χ3n) is 2.17. The zero-order valence-electron chi connectivity index (χ0n) is 9.73. The zero-order chi connectivity index (χ0) is 14.6. The molecule has 19 heavy (non-hydrogen) atoms. The predicted octanol–water partition coefficient (Wildman–Crippen LogP) is 2.17. The van der Waals surface area contributed by atoms with E-state index in [-0.39, 0.29) is 6.61 Å². The summed E-state index contributed by atoms with van der Waals surface area (Å²) >= 11 is 0. The van der Waals surface area contributed by atoms with Gasteiger partial charge in [0, 0.05) is 5.56 Å². The van der Waals surface area contributed by atoms with Gasteiger partial charge in [0.25, 0.3) is 6.43 Å². The minimum atomic E-state index is -3.10. The van der Waals surface area contributed by atoms with Crippen molar-refractivity contribution < 1.29 is 27.6 Å². The Morgan fingerprint density at radius 1 is 1.58 bits per heavy atom. The maximum atomic E-state index is 13.7. The van der Waals surface area contributed by atoms with Gasteiger partial charge in [-0.25, -0.2) is 8.78 Å². The lowest BCUT2D eigenvalue weighted by Crippen LogP contribution is -2.13. The minimum absolute atomic E-state index is 0.0162. The van der Waals surface area contributed by atoms with Crippen LogP contribution in [0, 0.1) is 15.9 Å². The van der Waals surface area contributed by atoms with Gasteiger partial charge in [0.2, 0.25) is 5.82 Å². The van der Waals surface area contributed by atoms with E-state index in [4.69, 9.17) is 0 Å². The van der Waals surface area contributed by atoms with Gasteiger partial charge in [0.15, 0.2) is 0 Å². The molecule has 0 aliphatic rings. The number of hydrogen-bond donors (Lipinski definition) is 0. The maximum Gasteiger partial charge on any atom is 0.400 e. The van der Waals surface area contributed by atoms with E-state index in [0.717, 1.165) is 0 Å². The number of esters is 1. The molecule has 0 bridgehead atoms. The Labute approximate surface area is 105 Å². The predicted molar refractivity (Wildman–Crippen MR) is 56.1 cm³/mol. The summed E-state index contributed by atoms with van der Waals surface area (Å²) in [6.07, 6.45) is -3.43. The first-order chi connectivity index (χ1) is 8.88. The molecule has 1 aromatic rings. The molecule has 9 heteroatoms. The maximum absolute atomic E-state index is 13.7. The molecule has 0 unspecified atom stereocenters. The average molecular weight is 278 g/mol. The van der Waals surface area contributed by atoms with Gasteiger partial charge in [-0.05, 0) is 16.8 Å². The Morgan fingerprint density at radius 3 is 2.68 bits per heavy atom. The van der Waals surface area contributed by atoms with Crippen LogP contribution in [0.3, 0.4) is 0 Å². The fourth-order valence-electron chi connectivity index (χ4n) is 1.38. The van der Waals surface area contributed by atoms with Gasteiger partial charge in [-0.1, -0.05) is 0 Å². The van der Waals surface area contributed by atoms with Crippen molar-refractivity contribution in [1.29, 1.82) is 0 Å². The second-order valence-corrected chi connectivity index (χ2v) is 3.37. The van der Waals surface area contributed by atoms with Crippen LogP contribution in [0.4, 0.5) is 19.0 Å². The fourth-order valence-corrected chi connectivity index (χ4v) is 1.38. The Morgan fingerprint density at radius 2 is 2.21 bits per heavy atom. The van der Waals surface area contributed by atoms with Gasteiger partial charge in [0.05, 0.1) is 18.6 Å². The fraction of sp³-hybridized carbons (Fsp3) is 0.400. The van der Waals surface area contributed by atoms with Crippen LogP contribution in [0.15, 0.2) is 6.20 Å². The van der Waals surface area contributed by atoms with Crippen LogP contribution < -0.4 is 0 Å². The number of alkyl halides is 2. The van der Waals surface area contributed by atoms with Crippen LogP contribution in [-0.2, 0) is 16.0 Å². The molecule has 1 rings (SSSR count). The molecular formula is C10H9F3N2O4. The number of ether oxygens (including phenoxy) is 1. The van der Waals surface area contributed by atoms with E-state index in [2.05, 4.69) is 9.72 Å². The van der Waals surface area contributed by atoms with Crippen molar-refractivity contribution in [2.45, 2.75) is 19.8 Å². The number of nitrogens with zero attached hydrogens (tertiary/aromatic N) is 2. The molecule has 104 valence electrons. The van der Waals surface area contributed by atoms with Gasteiger partial charge in [-0.3, -0.25) is 4.79 Å². The van der Waals surface area contributed by atoms with E-state index in [1.54, 1.807) is 0 Å². The first-order valence-electron chi connectivity index (χ1n) is 5.13. The molecule has 0 radical (unpaired) electrons. The SMILES string of the molecule is CCOC(=O)Cc1c(C(F)F)cnc([N+](=O)[O-])c1F. The summed E-state index contributed by atoms with van der Waals surface area (Å²) in [5.74, 6) is -3.71. The second-order valence-electron chi connectivity index (χ2n) is 3.37. The van der Waals surface area contributed by atoms with E-state index in [0.29, 0.717) is 6.20 Å². The lowest BCUT2D eigenvalue weighted by atomic mass is 10.1. The minimum Gasteiger partial charge on any atom is -0.466 e. The van der Waals surface area contributed by atoms with Crippen molar-refractivity contribution in [2.75, 3.05) is 6.61 Å². The van der Waals surface area contributed by atoms with Crippen LogP contribution in [0.25, 0.3) is 0 Å². The lowest BCUT2D eigenvalue weighted by Gasteiger charge is -2.08. The van der Waals surface area contributed by atoms with E-state index in [9.17, 15) is 28.1 Å². The molecular weight excluding hydrogens is 269 g/mol. The van der Waals surface area contributed by atoms with E-state index < -0.39 is 46.5 Å². The van der Waals surface area contributed by atoms with E-state index in [1.807, 2.05) is 0 Å². The average Bonchev–Trinajstić information content (AvgIpc) is 2.31.